The normalized spacial score (nSPS) is 18.9. The Morgan fingerprint density at radius 3 is 2.48 bits per heavy atom. The lowest BCUT2D eigenvalue weighted by molar-refractivity contribution is 0.260. The second-order valence-corrected chi connectivity index (χ2v) is 6.16. The Hall–Kier alpha value is -1.42. The third-order valence-corrected chi connectivity index (χ3v) is 4.50. The van der Waals surface area contributed by atoms with E-state index in [1.165, 1.54) is 0 Å². The van der Waals surface area contributed by atoms with Crippen molar-refractivity contribution in [2.24, 2.45) is 4.99 Å². The molecule has 2 N–H and O–H groups in total. The average molecular weight is 457 g/mol. The maximum Gasteiger partial charge on any atom is 0.225 e. The molecule has 1 saturated heterocycles. The van der Waals surface area contributed by atoms with E-state index in [2.05, 4.69) is 47.5 Å². The summed E-state index contributed by atoms with van der Waals surface area (Å²) in [7, 11) is 1.83. The molecule has 0 spiro atoms. The number of guanidine groups is 1. The second kappa shape index (κ2) is 10.5. The number of hydrogen-bond donors (Lipinski definition) is 2. The van der Waals surface area contributed by atoms with Gasteiger partial charge in [0.2, 0.25) is 5.95 Å². The SMILES string of the molecule is CN=C(NCCN1CCN(c2ncccn2)CC1)NC1CC=CC1.I. The summed E-state index contributed by atoms with van der Waals surface area (Å²) >= 11 is 0. The molecule has 1 aromatic rings. The zero-order valence-electron chi connectivity index (χ0n) is 14.8. The molecule has 1 fully saturated rings. The maximum absolute atomic E-state index is 4.33. The van der Waals surface area contributed by atoms with E-state index in [1.54, 1.807) is 12.4 Å². The Morgan fingerprint density at radius 2 is 1.84 bits per heavy atom. The topological polar surface area (TPSA) is 68.7 Å². The number of aliphatic imine (C=N–C) groups is 1. The van der Waals surface area contributed by atoms with Crippen molar-refractivity contribution >= 4 is 35.9 Å². The molecule has 0 radical (unpaired) electrons. The van der Waals surface area contributed by atoms with Crippen molar-refractivity contribution in [3.8, 4) is 0 Å². The van der Waals surface area contributed by atoms with Crippen LogP contribution in [0.5, 0.6) is 0 Å². The smallest absolute Gasteiger partial charge is 0.225 e. The molecule has 138 valence electrons. The highest BCUT2D eigenvalue weighted by Crippen LogP contribution is 2.09. The van der Waals surface area contributed by atoms with E-state index in [0.717, 1.165) is 64.0 Å². The quantitative estimate of drug-likeness (QED) is 0.299. The van der Waals surface area contributed by atoms with E-state index in [1.807, 2.05) is 13.1 Å². The molecule has 8 heteroatoms. The second-order valence-electron chi connectivity index (χ2n) is 6.16. The van der Waals surface area contributed by atoms with Crippen LogP contribution in [0.3, 0.4) is 0 Å². The van der Waals surface area contributed by atoms with Gasteiger partial charge >= 0.3 is 0 Å². The summed E-state index contributed by atoms with van der Waals surface area (Å²) < 4.78 is 0. The first-order valence-electron chi connectivity index (χ1n) is 8.71. The fourth-order valence-corrected chi connectivity index (χ4v) is 3.08. The van der Waals surface area contributed by atoms with Gasteiger partial charge < -0.3 is 15.5 Å². The predicted molar refractivity (Wildman–Crippen MR) is 113 cm³/mol. The van der Waals surface area contributed by atoms with Crippen molar-refractivity contribution in [3.63, 3.8) is 0 Å². The van der Waals surface area contributed by atoms with Gasteiger partial charge in [0, 0.05) is 64.8 Å². The Morgan fingerprint density at radius 1 is 1.16 bits per heavy atom. The molecule has 1 aliphatic heterocycles. The minimum absolute atomic E-state index is 0. The lowest BCUT2D eigenvalue weighted by Gasteiger charge is -2.34. The first kappa shape index (κ1) is 19.9. The van der Waals surface area contributed by atoms with Gasteiger partial charge in [-0.15, -0.1) is 24.0 Å². The first-order valence-corrected chi connectivity index (χ1v) is 8.71. The van der Waals surface area contributed by atoms with Gasteiger partial charge in [0.05, 0.1) is 0 Å². The predicted octanol–water partition coefficient (Wildman–Crippen LogP) is 1.10. The van der Waals surface area contributed by atoms with Crippen LogP contribution in [0.2, 0.25) is 0 Å². The number of nitrogens with one attached hydrogen (secondary N) is 2. The van der Waals surface area contributed by atoms with Crippen molar-refractivity contribution in [2.45, 2.75) is 18.9 Å². The standard InChI is InChI=1S/C17H27N7.HI/c1-18-16(22-15-5-2-3-6-15)19-9-10-23-11-13-24(14-12-23)17-20-7-4-8-21-17;/h2-4,7-8,15H,5-6,9-14H2,1H3,(H2,18,19,22);1H. The summed E-state index contributed by atoms with van der Waals surface area (Å²) in [5.74, 6) is 1.74. The van der Waals surface area contributed by atoms with Crippen LogP contribution in [-0.2, 0) is 0 Å². The molecular weight excluding hydrogens is 429 g/mol. The summed E-state index contributed by atoms with van der Waals surface area (Å²) in [6.07, 6.45) is 10.2. The van der Waals surface area contributed by atoms with E-state index in [0.29, 0.717) is 6.04 Å². The molecular formula is C17H28IN7. The highest BCUT2D eigenvalue weighted by Gasteiger charge is 2.18. The van der Waals surface area contributed by atoms with Crippen LogP contribution < -0.4 is 15.5 Å². The lowest BCUT2D eigenvalue weighted by atomic mass is 10.2. The van der Waals surface area contributed by atoms with E-state index in [4.69, 9.17) is 0 Å². The average Bonchev–Trinajstić information content (AvgIpc) is 3.15. The third kappa shape index (κ3) is 6.10. The number of nitrogens with zero attached hydrogens (tertiary/aromatic N) is 5. The third-order valence-electron chi connectivity index (χ3n) is 4.50. The van der Waals surface area contributed by atoms with Crippen LogP contribution in [-0.4, -0.2) is 73.2 Å². The molecule has 0 amide bonds. The summed E-state index contributed by atoms with van der Waals surface area (Å²) in [6.45, 7) is 5.96. The Bertz CT molecular complexity index is 547. The number of anilines is 1. The molecule has 3 rings (SSSR count). The number of hydrogen-bond acceptors (Lipinski definition) is 5. The van der Waals surface area contributed by atoms with E-state index >= 15 is 0 Å². The van der Waals surface area contributed by atoms with Gasteiger partial charge in [-0.05, 0) is 18.9 Å². The van der Waals surface area contributed by atoms with Crippen molar-refractivity contribution in [1.82, 2.24) is 25.5 Å². The highest BCUT2D eigenvalue weighted by molar-refractivity contribution is 14.0. The first-order chi connectivity index (χ1) is 11.8. The summed E-state index contributed by atoms with van der Waals surface area (Å²) in [5.41, 5.74) is 0. The molecule has 0 unspecified atom stereocenters. The van der Waals surface area contributed by atoms with Gasteiger partial charge in [0.15, 0.2) is 5.96 Å². The lowest BCUT2D eigenvalue weighted by Crippen LogP contribution is -2.50. The van der Waals surface area contributed by atoms with Gasteiger partial charge in [-0.3, -0.25) is 9.89 Å². The summed E-state index contributed by atoms with van der Waals surface area (Å²) in [5, 5.41) is 6.88. The molecule has 7 nitrogen and oxygen atoms in total. The monoisotopic (exact) mass is 457 g/mol. The summed E-state index contributed by atoms with van der Waals surface area (Å²) in [6, 6.07) is 2.35. The molecule has 0 saturated carbocycles. The largest absolute Gasteiger partial charge is 0.355 e. The van der Waals surface area contributed by atoms with Crippen molar-refractivity contribution < 1.29 is 0 Å². The fraction of sp³-hybridized carbons (Fsp3) is 0.588. The number of piperazine rings is 1. The molecule has 2 heterocycles. The van der Waals surface area contributed by atoms with Crippen molar-refractivity contribution in [2.75, 3.05) is 51.2 Å². The van der Waals surface area contributed by atoms with Crippen LogP contribution in [0, 0.1) is 0 Å². The van der Waals surface area contributed by atoms with Crippen LogP contribution in [0.4, 0.5) is 5.95 Å². The van der Waals surface area contributed by atoms with Gasteiger partial charge in [-0.1, -0.05) is 12.2 Å². The molecule has 1 aromatic heterocycles. The van der Waals surface area contributed by atoms with Gasteiger partial charge in [-0.25, -0.2) is 9.97 Å². The Kier molecular flexibility index (Phi) is 8.39. The summed E-state index contributed by atoms with van der Waals surface area (Å²) in [4.78, 5) is 17.7. The van der Waals surface area contributed by atoms with Gasteiger partial charge in [0.1, 0.15) is 0 Å². The number of rotatable bonds is 5. The Labute approximate surface area is 167 Å². The zero-order valence-corrected chi connectivity index (χ0v) is 17.1. The van der Waals surface area contributed by atoms with E-state index in [-0.39, 0.29) is 24.0 Å². The van der Waals surface area contributed by atoms with Crippen molar-refractivity contribution in [3.05, 3.63) is 30.6 Å². The van der Waals surface area contributed by atoms with Crippen LogP contribution in [0.1, 0.15) is 12.8 Å². The minimum atomic E-state index is 0. The van der Waals surface area contributed by atoms with Gasteiger partial charge in [0.25, 0.3) is 0 Å². The van der Waals surface area contributed by atoms with Crippen LogP contribution >= 0.6 is 24.0 Å². The molecule has 0 bridgehead atoms. The van der Waals surface area contributed by atoms with E-state index < -0.39 is 0 Å². The highest BCUT2D eigenvalue weighted by atomic mass is 127. The zero-order chi connectivity index (χ0) is 16.6. The van der Waals surface area contributed by atoms with Gasteiger partial charge in [-0.2, -0.15) is 0 Å². The number of halogens is 1. The fourth-order valence-electron chi connectivity index (χ4n) is 3.08. The van der Waals surface area contributed by atoms with Crippen LogP contribution in [0.25, 0.3) is 0 Å². The maximum atomic E-state index is 4.33. The number of aromatic nitrogens is 2. The molecule has 0 atom stereocenters. The molecule has 1 aliphatic carbocycles. The molecule has 25 heavy (non-hydrogen) atoms. The van der Waals surface area contributed by atoms with Crippen molar-refractivity contribution in [1.29, 1.82) is 0 Å². The van der Waals surface area contributed by atoms with Crippen LogP contribution in [0.15, 0.2) is 35.6 Å². The molecule has 2 aliphatic rings. The molecule has 0 aromatic carbocycles. The Balaban J connectivity index is 0.00000225. The van der Waals surface area contributed by atoms with E-state index in [9.17, 15) is 0 Å². The minimum Gasteiger partial charge on any atom is -0.355 e.